The maximum Gasteiger partial charge on any atom is 0.179 e. The van der Waals surface area contributed by atoms with Crippen LogP contribution in [0.25, 0.3) is 5.65 Å². The van der Waals surface area contributed by atoms with Gasteiger partial charge < -0.3 is 22.1 Å². The van der Waals surface area contributed by atoms with Crippen molar-refractivity contribution in [1.82, 2.24) is 19.6 Å². The number of nitrogens with one attached hydrogen (secondary N) is 2. The standard InChI is InChI=1S/C18H17ClN8/c1-10-6-11(19)13(7-12(10)20)24-17-8-14(25-16-4-2-3-5-22-16)18-23-9-15(21)27(18)26-17/h2-9H,20-21H2,1H3,(H,22,25)(H,24,26). The minimum atomic E-state index is 0.409. The maximum absolute atomic E-state index is 6.33. The first kappa shape index (κ1) is 16.9. The molecule has 0 fully saturated rings. The number of hydrogen-bond donors (Lipinski definition) is 4. The van der Waals surface area contributed by atoms with E-state index in [9.17, 15) is 0 Å². The highest BCUT2D eigenvalue weighted by atomic mass is 35.5. The Kier molecular flexibility index (Phi) is 4.17. The van der Waals surface area contributed by atoms with E-state index in [0.29, 0.717) is 45.2 Å². The van der Waals surface area contributed by atoms with Crippen LogP contribution in [0.3, 0.4) is 0 Å². The van der Waals surface area contributed by atoms with Gasteiger partial charge in [0.1, 0.15) is 11.6 Å². The molecule has 136 valence electrons. The zero-order valence-corrected chi connectivity index (χ0v) is 15.2. The molecular formula is C18H17ClN8. The SMILES string of the molecule is Cc1cc(Cl)c(Nc2cc(Nc3ccccn3)c3ncc(N)n3n2)cc1N. The second kappa shape index (κ2) is 6.65. The van der Waals surface area contributed by atoms with Gasteiger partial charge in [-0.25, -0.2) is 9.97 Å². The summed E-state index contributed by atoms with van der Waals surface area (Å²) < 4.78 is 1.54. The zero-order chi connectivity index (χ0) is 19.0. The van der Waals surface area contributed by atoms with Gasteiger partial charge in [-0.3, -0.25) is 0 Å². The first-order chi connectivity index (χ1) is 13.0. The lowest BCUT2D eigenvalue weighted by atomic mass is 10.2. The third kappa shape index (κ3) is 3.30. The molecule has 0 radical (unpaired) electrons. The van der Waals surface area contributed by atoms with E-state index in [4.69, 9.17) is 23.1 Å². The molecule has 4 aromatic rings. The maximum atomic E-state index is 6.33. The molecule has 8 nitrogen and oxygen atoms in total. The molecule has 6 N–H and O–H groups in total. The number of nitrogen functional groups attached to an aromatic ring is 2. The number of fused-ring (bicyclic) bond motifs is 1. The smallest absolute Gasteiger partial charge is 0.179 e. The van der Waals surface area contributed by atoms with Gasteiger partial charge in [-0.2, -0.15) is 4.52 Å². The highest BCUT2D eigenvalue weighted by Gasteiger charge is 2.12. The summed E-state index contributed by atoms with van der Waals surface area (Å²) in [4.78, 5) is 8.60. The first-order valence-electron chi connectivity index (χ1n) is 8.16. The van der Waals surface area contributed by atoms with Crippen LogP contribution in [0.1, 0.15) is 5.56 Å². The number of aromatic nitrogens is 4. The van der Waals surface area contributed by atoms with Crippen LogP contribution in [0.5, 0.6) is 0 Å². The molecule has 0 atom stereocenters. The Morgan fingerprint density at radius 1 is 1.00 bits per heavy atom. The molecule has 0 saturated carbocycles. The van der Waals surface area contributed by atoms with E-state index in [2.05, 4.69) is 25.7 Å². The van der Waals surface area contributed by atoms with Crippen LogP contribution in [0.2, 0.25) is 5.02 Å². The van der Waals surface area contributed by atoms with Gasteiger partial charge in [-0.05, 0) is 36.8 Å². The largest absolute Gasteiger partial charge is 0.398 e. The molecule has 3 aromatic heterocycles. The summed E-state index contributed by atoms with van der Waals surface area (Å²) in [7, 11) is 0. The van der Waals surface area contributed by atoms with E-state index >= 15 is 0 Å². The van der Waals surface area contributed by atoms with Crippen molar-refractivity contribution >= 4 is 51.8 Å². The average Bonchev–Trinajstić information content (AvgIpc) is 3.02. The van der Waals surface area contributed by atoms with Crippen LogP contribution in [0.4, 0.5) is 34.5 Å². The van der Waals surface area contributed by atoms with E-state index < -0.39 is 0 Å². The number of nitrogens with two attached hydrogens (primary N) is 2. The highest BCUT2D eigenvalue weighted by molar-refractivity contribution is 6.33. The van der Waals surface area contributed by atoms with Crippen molar-refractivity contribution in [2.45, 2.75) is 6.92 Å². The Hall–Kier alpha value is -3.52. The minimum absolute atomic E-state index is 0.409. The lowest BCUT2D eigenvalue weighted by Gasteiger charge is -2.13. The molecule has 0 unspecified atom stereocenters. The molecule has 4 rings (SSSR count). The summed E-state index contributed by atoms with van der Waals surface area (Å²) in [5.74, 6) is 1.61. The molecular weight excluding hydrogens is 364 g/mol. The Morgan fingerprint density at radius 3 is 2.59 bits per heavy atom. The van der Waals surface area contributed by atoms with Gasteiger partial charge in [0.2, 0.25) is 0 Å². The lowest BCUT2D eigenvalue weighted by Crippen LogP contribution is -2.06. The lowest BCUT2D eigenvalue weighted by molar-refractivity contribution is 0.953. The number of hydrogen-bond acceptors (Lipinski definition) is 7. The van der Waals surface area contributed by atoms with Gasteiger partial charge in [-0.15, -0.1) is 5.10 Å². The Morgan fingerprint density at radius 2 is 1.81 bits per heavy atom. The number of imidazole rings is 1. The van der Waals surface area contributed by atoms with Gasteiger partial charge in [0.25, 0.3) is 0 Å². The molecule has 0 spiro atoms. The molecule has 0 bridgehead atoms. The molecule has 0 saturated heterocycles. The molecule has 9 heteroatoms. The summed E-state index contributed by atoms with van der Waals surface area (Å²) in [5.41, 5.74) is 15.5. The Balaban J connectivity index is 1.77. The van der Waals surface area contributed by atoms with Crippen molar-refractivity contribution < 1.29 is 0 Å². The van der Waals surface area contributed by atoms with Gasteiger partial charge in [0, 0.05) is 18.0 Å². The number of aryl methyl sites for hydroxylation is 1. The molecule has 27 heavy (non-hydrogen) atoms. The number of pyridine rings is 1. The average molecular weight is 381 g/mol. The predicted octanol–water partition coefficient (Wildman–Crippen LogP) is 3.74. The Labute approximate surface area is 160 Å². The second-order valence-electron chi connectivity index (χ2n) is 6.02. The van der Waals surface area contributed by atoms with Crippen molar-refractivity contribution in [3.63, 3.8) is 0 Å². The highest BCUT2D eigenvalue weighted by Crippen LogP contribution is 2.31. The van der Waals surface area contributed by atoms with Crippen molar-refractivity contribution in [1.29, 1.82) is 0 Å². The fraction of sp³-hybridized carbons (Fsp3) is 0.0556. The number of nitrogens with zero attached hydrogens (tertiary/aromatic N) is 4. The van der Waals surface area contributed by atoms with Crippen molar-refractivity contribution in [2.75, 3.05) is 22.1 Å². The zero-order valence-electron chi connectivity index (χ0n) is 14.4. The monoisotopic (exact) mass is 380 g/mol. The molecule has 0 aliphatic rings. The number of anilines is 6. The van der Waals surface area contributed by atoms with E-state index in [1.807, 2.05) is 31.2 Å². The fourth-order valence-electron chi connectivity index (χ4n) is 2.64. The van der Waals surface area contributed by atoms with E-state index in [1.54, 1.807) is 29.0 Å². The fourth-order valence-corrected chi connectivity index (χ4v) is 2.90. The van der Waals surface area contributed by atoms with Crippen LogP contribution in [-0.4, -0.2) is 19.6 Å². The summed E-state index contributed by atoms with van der Waals surface area (Å²) in [6, 6.07) is 11.0. The van der Waals surface area contributed by atoms with E-state index in [0.717, 1.165) is 5.56 Å². The van der Waals surface area contributed by atoms with Gasteiger partial charge >= 0.3 is 0 Å². The van der Waals surface area contributed by atoms with Crippen molar-refractivity contribution in [2.24, 2.45) is 0 Å². The number of rotatable bonds is 4. The van der Waals surface area contributed by atoms with Crippen molar-refractivity contribution in [3.8, 4) is 0 Å². The van der Waals surface area contributed by atoms with Gasteiger partial charge in [-0.1, -0.05) is 17.7 Å². The Bertz CT molecular complexity index is 1120. The van der Waals surface area contributed by atoms with Crippen LogP contribution >= 0.6 is 11.6 Å². The predicted molar refractivity (Wildman–Crippen MR) is 109 cm³/mol. The van der Waals surface area contributed by atoms with Crippen molar-refractivity contribution in [3.05, 3.63) is 59.4 Å². The van der Waals surface area contributed by atoms with Crippen LogP contribution in [0.15, 0.2) is 48.8 Å². The molecule has 0 amide bonds. The quantitative estimate of drug-likeness (QED) is 0.398. The van der Waals surface area contributed by atoms with Crippen LogP contribution < -0.4 is 22.1 Å². The molecule has 3 heterocycles. The van der Waals surface area contributed by atoms with Crippen LogP contribution in [-0.2, 0) is 0 Å². The van der Waals surface area contributed by atoms with E-state index in [-0.39, 0.29) is 0 Å². The molecule has 0 aliphatic carbocycles. The van der Waals surface area contributed by atoms with Crippen LogP contribution in [0, 0.1) is 6.92 Å². The molecule has 0 aliphatic heterocycles. The summed E-state index contributed by atoms with van der Waals surface area (Å²) in [6.07, 6.45) is 3.25. The normalized spacial score (nSPS) is 10.9. The topological polar surface area (TPSA) is 119 Å². The summed E-state index contributed by atoms with van der Waals surface area (Å²) in [5, 5.41) is 11.4. The number of benzene rings is 1. The minimum Gasteiger partial charge on any atom is -0.398 e. The van der Waals surface area contributed by atoms with Gasteiger partial charge in [0.15, 0.2) is 11.5 Å². The summed E-state index contributed by atoms with van der Waals surface area (Å²) >= 11 is 6.33. The molecule has 1 aromatic carbocycles. The third-order valence-electron chi connectivity index (χ3n) is 4.04. The summed E-state index contributed by atoms with van der Waals surface area (Å²) in [6.45, 7) is 1.90. The first-order valence-corrected chi connectivity index (χ1v) is 8.54. The van der Waals surface area contributed by atoms with Gasteiger partial charge in [0.05, 0.1) is 22.6 Å². The van der Waals surface area contributed by atoms with E-state index in [1.165, 1.54) is 0 Å². The third-order valence-corrected chi connectivity index (χ3v) is 4.35. The number of halogens is 1. The second-order valence-corrected chi connectivity index (χ2v) is 6.42.